The van der Waals surface area contributed by atoms with E-state index < -0.39 is 0 Å². The van der Waals surface area contributed by atoms with Gasteiger partial charge in [0.2, 0.25) is 0 Å². The van der Waals surface area contributed by atoms with Gasteiger partial charge >= 0.3 is 0 Å². The number of hydrogen-bond donors (Lipinski definition) is 0. The highest BCUT2D eigenvalue weighted by atomic mass is 35.5. The first-order chi connectivity index (χ1) is 5.65. The quantitative estimate of drug-likeness (QED) is 0.584. The zero-order valence-electron chi connectivity index (χ0n) is 8.81. The summed E-state index contributed by atoms with van der Waals surface area (Å²) in [5.41, 5.74) is 0. The molecule has 1 nitrogen and oxygen atoms in total. The van der Waals surface area contributed by atoms with E-state index in [0.29, 0.717) is 6.04 Å². The number of halogens is 1. The summed E-state index contributed by atoms with van der Waals surface area (Å²) in [5.74, 6) is 1.57. The molecule has 0 amide bonds. The summed E-state index contributed by atoms with van der Waals surface area (Å²) in [7, 11) is 2.16. The van der Waals surface area contributed by atoms with E-state index in [4.69, 9.17) is 11.6 Å². The van der Waals surface area contributed by atoms with Crippen molar-refractivity contribution < 1.29 is 0 Å². The SMILES string of the molecule is CCC(CC)CN(C)C(C)CCl. The molecule has 0 N–H and O–H groups in total. The zero-order chi connectivity index (χ0) is 9.56. The molecule has 74 valence electrons. The van der Waals surface area contributed by atoms with Gasteiger partial charge in [-0.25, -0.2) is 0 Å². The molecule has 1 unspecified atom stereocenters. The largest absolute Gasteiger partial charge is 0.302 e. The molecule has 2 heteroatoms. The number of alkyl halides is 1. The number of rotatable bonds is 6. The average Bonchev–Trinajstić information content (AvgIpc) is 2.12. The van der Waals surface area contributed by atoms with Crippen molar-refractivity contribution in [1.29, 1.82) is 0 Å². The molecule has 0 fully saturated rings. The third-order valence-corrected chi connectivity index (χ3v) is 3.12. The second-order valence-electron chi connectivity index (χ2n) is 3.63. The molecule has 0 rings (SSSR count). The van der Waals surface area contributed by atoms with Gasteiger partial charge in [0.1, 0.15) is 0 Å². The van der Waals surface area contributed by atoms with E-state index in [1.54, 1.807) is 0 Å². The van der Waals surface area contributed by atoms with Gasteiger partial charge in [-0.05, 0) is 19.9 Å². The van der Waals surface area contributed by atoms with Crippen molar-refractivity contribution in [2.45, 2.75) is 39.7 Å². The summed E-state index contributed by atoms with van der Waals surface area (Å²) in [6, 6.07) is 0.507. The van der Waals surface area contributed by atoms with Crippen LogP contribution >= 0.6 is 11.6 Å². The van der Waals surface area contributed by atoms with Gasteiger partial charge in [0.05, 0.1) is 0 Å². The molecule has 0 spiro atoms. The molecular formula is C10H22ClN. The molecule has 0 saturated carbocycles. The van der Waals surface area contributed by atoms with Crippen molar-refractivity contribution in [2.75, 3.05) is 19.5 Å². The van der Waals surface area contributed by atoms with Crippen LogP contribution < -0.4 is 0 Å². The van der Waals surface area contributed by atoms with Crippen molar-refractivity contribution in [1.82, 2.24) is 4.90 Å². The predicted molar refractivity (Wildman–Crippen MR) is 56.9 cm³/mol. The summed E-state index contributed by atoms with van der Waals surface area (Å²) >= 11 is 5.78. The Morgan fingerprint density at radius 3 is 2.08 bits per heavy atom. The molecule has 0 aromatic carbocycles. The molecule has 0 heterocycles. The average molecular weight is 192 g/mol. The summed E-state index contributed by atoms with van der Waals surface area (Å²) in [6.07, 6.45) is 2.55. The van der Waals surface area contributed by atoms with Gasteiger partial charge in [-0.1, -0.05) is 26.7 Å². The Bertz CT molecular complexity index is 102. The minimum absolute atomic E-state index is 0.507. The lowest BCUT2D eigenvalue weighted by atomic mass is 10.0. The number of nitrogens with zero attached hydrogens (tertiary/aromatic N) is 1. The van der Waals surface area contributed by atoms with E-state index in [9.17, 15) is 0 Å². The molecule has 0 aromatic heterocycles. The fourth-order valence-electron chi connectivity index (χ4n) is 1.25. The van der Waals surface area contributed by atoms with Gasteiger partial charge in [0.15, 0.2) is 0 Å². The standard InChI is InChI=1S/C10H22ClN/c1-5-10(6-2)8-12(4)9(3)7-11/h9-10H,5-8H2,1-4H3. The van der Waals surface area contributed by atoms with Crippen LogP contribution in [0.25, 0.3) is 0 Å². The van der Waals surface area contributed by atoms with Crippen LogP contribution in [0.2, 0.25) is 0 Å². The first-order valence-electron chi connectivity index (χ1n) is 4.91. The summed E-state index contributed by atoms with van der Waals surface area (Å²) in [4.78, 5) is 2.35. The van der Waals surface area contributed by atoms with Gasteiger partial charge in [0, 0.05) is 18.5 Å². The molecule has 0 aliphatic carbocycles. The molecule has 0 aliphatic heterocycles. The van der Waals surface area contributed by atoms with Crippen LogP contribution in [0.1, 0.15) is 33.6 Å². The van der Waals surface area contributed by atoms with Crippen molar-refractivity contribution in [3.63, 3.8) is 0 Å². The molecular weight excluding hydrogens is 170 g/mol. The van der Waals surface area contributed by atoms with Crippen LogP contribution in [-0.2, 0) is 0 Å². The third-order valence-electron chi connectivity index (χ3n) is 2.68. The van der Waals surface area contributed by atoms with Gasteiger partial charge in [0.25, 0.3) is 0 Å². The normalized spacial score (nSPS) is 14.2. The highest BCUT2D eigenvalue weighted by Gasteiger charge is 2.11. The summed E-state index contributed by atoms with van der Waals surface area (Å²) in [5, 5.41) is 0. The molecule has 0 aromatic rings. The minimum Gasteiger partial charge on any atom is -0.302 e. The Kier molecular flexibility index (Phi) is 6.87. The predicted octanol–water partition coefficient (Wildman–Crippen LogP) is 2.98. The molecule has 0 aliphatic rings. The van der Waals surface area contributed by atoms with Crippen molar-refractivity contribution in [3.05, 3.63) is 0 Å². The Labute approximate surface area is 82.1 Å². The van der Waals surface area contributed by atoms with Crippen LogP contribution in [0.3, 0.4) is 0 Å². The van der Waals surface area contributed by atoms with E-state index >= 15 is 0 Å². The van der Waals surface area contributed by atoms with E-state index in [-0.39, 0.29) is 0 Å². The molecule has 0 radical (unpaired) electrons. The van der Waals surface area contributed by atoms with Crippen molar-refractivity contribution >= 4 is 11.6 Å². The Balaban J connectivity index is 3.72. The monoisotopic (exact) mass is 191 g/mol. The van der Waals surface area contributed by atoms with Crippen LogP contribution in [-0.4, -0.2) is 30.4 Å². The van der Waals surface area contributed by atoms with Crippen molar-refractivity contribution in [2.24, 2.45) is 5.92 Å². The van der Waals surface area contributed by atoms with Crippen molar-refractivity contribution in [3.8, 4) is 0 Å². The van der Waals surface area contributed by atoms with Crippen LogP contribution in [0.4, 0.5) is 0 Å². The Morgan fingerprint density at radius 1 is 1.25 bits per heavy atom. The van der Waals surface area contributed by atoms with E-state index in [1.165, 1.54) is 19.4 Å². The second kappa shape index (κ2) is 6.73. The third kappa shape index (κ3) is 4.32. The first kappa shape index (κ1) is 12.2. The Morgan fingerprint density at radius 2 is 1.75 bits per heavy atom. The maximum atomic E-state index is 5.78. The Hall–Kier alpha value is 0.250. The van der Waals surface area contributed by atoms with Gasteiger partial charge in [-0.3, -0.25) is 0 Å². The molecule has 0 saturated heterocycles. The zero-order valence-corrected chi connectivity index (χ0v) is 9.56. The lowest BCUT2D eigenvalue weighted by molar-refractivity contribution is 0.225. The van der Waals surface area contributed by atoms with Crippen LogP contribution in [0, 0.1) is 5.92 Å². The van der Waals surface area contributed by atoms with E-state index in [0.717, 1.165) is 11.8 Å². The fourth-order valence-corrected chi connectivity index (χ4v) is 1.49. The van der Waals surface area contributed by atoms with E-state index in [2.05, 4.69) is 32.7 Å². The summed E-state index contributed by atoms with van der Waals surface area (Å²) in [6.45, 7) is 7.87. The van der Waals surface area contributed by atoms with Crippen LogP contribution in [0.15, 0.2) is 0 Å². The van der Waals surface area contributed by atoms with E-state index in [1.807, 2.05) is 0 Å². The first-order valence-corrected chi connectivity index (χ1v) is 5.45. The maximum Gasteiger partial charge on any atom is 0.0376 e. The fraction of sp³-hybridized carbons (Fsp3) is 1.00. The maximum absolute atomic E-state index is 5.78. The molecule has 12 heavy (non-hydrogen) atoms. The highest BCUT2D eigenvalue weighted by molar-refractivity contribution is 6.18. The van der Waals surface area contributed by atoms with Gasteiger partial charge in [-0.15, -0.1) is 11.6 Å². The van der Waals surface area contributed by atoms with Gasteiger partial charge < -0.3 is 4.90 Å². The topological polar surface area (TPSA) is 3.24 Å². The minimum atomic E-state index is 0.507. The summed E-state index contributed by atoms with van der Waals surface area (Å²) < 4.78 is 0. The van der Waals surface area contributed by atoms with Gasteiger partial charge in [-0.2, -0.15) is 0 Å². The lowest BCUT2D eigenvalue weighted by Gasteiger charge is -2.26. The second-order valence-corrected chi connectivity index (χ2v) is 3.93. The molecule has 0 bridgehead atoms. The smallest absolute Gasteiger partial charge is 0.0376 e. The molecule has 1 atom stereocenters. The number of hydrogen-bond acceptors (Lipinski definition) is 1. The highest BCUT2D eigenvalue weighted by Crippen LogP contribution is 2.10. The van der Waals surface area contributed by atoms with Crippen LogP contribution in [0.5, 0.6) is 0 Å². The lowest BCUT2D eigenvalue weighted by Crippen LogP contribution is -2.34.